The van der Waals surface area contributed by atoms with E-state index in [1.54, 1.807) is 0 Å². The van der Waals surface area contributed by atoms with Crippen LogP contribution in [0.25, 0.3) is 0 Å². The third-order valence-electron chi connectivity index (χ3n) is 3.73. The van der Waals surface area contributed by atoms with Crippen molar-refractivity contribution < 1.29 is 23.1 Å². The second-order valence-electron chi connectivity index (χ2n) is 5.43. The van der Waals surface area contributed by atoms with Crippen molar-refractivity contribution in [3.8, 4) is 0 Å². The van der Waals surface area contributed by atoms with Crippen molar-refractivity contribution in [1.29, 1.82) is 0 Å². The highest BCUT2D eigenvalue weighted by Crippen LogP contribution is 2.40. The van der Waals surface area contributed by atoms with Gasteiger partial charge in [-0.2, -0.15) is 13.2 Å². The molecule has 0 aliphatic rings. The number of carboxylic acid groups (broad SMARTS) is 1. The Morgan fingerprint density at radius 3 is 2.32 bits per heavy atom. The Hall–Kier alpha value is -1.24. The number of hydrogen-bond donors (Lipinski definition) is 1. The summed E-state index contributed by atoms with van der Waals surface area (Å²) >= 11 is 14.7. The first-order valence-corrected chi connectivity index (χ1v) is 8.68. The summed E-state index contributed by atoms with van der Waals surface area (Å²) in [6.45, 7) is 0. The zero-order valence-corrected chi connectivity index (χ0v) is 15.7. The second kappa shape index (κ2) is 7.98. The Kier molecular flexibility index (Phi) is 6.40. The van der Waals surface area contributed by atoms with Gasteiger partial charge in [0.1, 0.15) is 0 Å². The fraction of sp³-hybridized carbons (Fsp3) is 0.235. The molecule has 0 bridgehead atoms. The highest BCUT2D eigenvalue weighted by molar-refractivity contribution is 9.10. The van der Waals surface area contributed by atoms with E-state index in [9.17, 15) is 18.0 Å². The highest BCUT2D eigenvalue weighted by atomic mass is 79.9. The molecular formula is C17H12BrCl2F3O2. The van der Waals surface area contributed by atoms with Gasteiger partial charge in [-0.05, 0) is 64.2 Å². The molecule has 0 radical (unpaired) electrons. The number of aryl methyl sites for hydroxylation is 1. The van der Waals surface area contributed by atoms with Crippen LogP contribution in [-0.2, 0) is 6.42 Å². The number of halogens is 6. The molecule has 0 saturated heterocycles. The van der Waals surface area contributed by atoms with Crippen molar-refractivity contribution in [3.05, 3.63) is 67.6 Å². The Morgan fingerprint density at radius 1 is 1.12 bits per heavy atom. The summed E-state index contributed by atoms with van der Waals surface area (Å²) in [5.41, 5.74) is 0.704. The standard InChI is InChI=1S/C17H12BrCl2F3O2/c18-13-7-9(1-4-11(13)16(24)25)2-5-12(17(21,22)23)10-3-6-14(19)15(20)8-10/h1,3-4,6-8,12H,2,5H2,(H,24,25). The average molecular weight is 456 g/mol. The van der Waals surface area contributed by atoms with Gasteiger partial charge in [-0.1, -0.05) is 35.3 Å². The van der Waals surface area contributed by atoms with Gasteiger partial charge < -0.3 is 5.11 Å². The van der Waals surface area contributed by atoms with Crippen LogP contribution in [0.2, 0.25) is 10.0 Å². The van der Waals surface area contributed by atoms with Crippen molar-refractivity contribution in [1.82, 2.24) is 0 Å². The first-order valence-electron chi connectivity index (χ1n) is 7.13. The molecular weight excluding hydrogens is 444 g/mol. The van der Waals surface area contributed by atoms with E-state index in [2.05, 4.69) is 15.9 Å². The number of alkyl halides is 3. The summed E-state index contributed by atoms with van der Waals surface area (Å²) in [7, 11) is 0. The van der Waals surface area contributed by atoms with E-state index < -0.39 is 18.1 Å². The van der Waals surface area contributed by atoms with E-state index >= 15 is 0 Å². The monoisotopic (exact) mass is 454 g/mol. The zero-order chi connectivity index (χ0) is 18.8. The molecule has 2 rings (SSSR count). The Morgan fingerprint density at radius 2 is 1.80 bits per heavy atom. The minimum absolute atomic E-state index is 0.0446. The summed E-state index contributed by atoms with van der Waals surface area (Å²) in [6.07, 6.45) is -4.50. The lowest BCUT2D eigenvalue weighted by Gasteiger charge is -2.21. The van der Waals surface area contributed by atoms with Crippen molar-refractivity contribution in [2.24, 2.45) is 0 Å². The van der Waals surface area contributed by atoms with E-state index in [1.165, 1.54) is 36.4 Å². The fourth-order valence-corrected chi connectivity index (χ4v) is 3.35. The Balaban J connectivity index is 2.22. The predicted molar refractivity (Wildman–Crippen MR) is 94.7 cm³/mol. The molecule has 134 valence electrons. The molecule has 2 aromatic rings. The van der Waals surface area contributed by atoms with Gasteiger partial charge in [-0.15, -0.1) is 0 Å². The van der Waals surface area contributed by atoms with Crippen LogP contribution in [0.15, 0.2) is 40.9 Å². The quantitative estimate of drug-likeness (QED) is 0.542. The predicted octanol–water partition coefficient (Wildman–Crippen LogP) is 6.73. The van der Waals surface area contributed by atoms with Crippen LogP contribution < -0.4 is 0 Å². The van der Waals surface area contributed by atoms with Gasteiger partial charge in [0.2, 0.25) is 0 Å². The number of rotatable bonds is 5. The first kappa shape index (κ1) is 20.1. The number of hydrogen-bond acceptors (Lipinski definition) is 1. The molecule has 8 heteroatoms. The van der Waals surface area contributed by atoms with Crippen LogP contribution in [0.3, 0.4) is 0 Å². The third-order valence-corrected chi connectivity index (χ3v) is 5.12. The highest BCUT2D eigenvalue weighted by Gasteiger charge is 2.40. The van der Waals surface area contributed by atoms with Crippen LogP contribution in [0, 0.1) is 0 Å². The number of aromatic carboxylic acids is 1. The van der Waals surface area contributed by atoms with Crippen LogP contribution in [0.4, 0.5) is 13.2 Å². The van der Waals surface area contributed by atoms with E-state index in [1.807, 2.05) is 0 Å². The molecule has 0 amide bonds. The van der Waals surface area contributed by atoms with Gasteiger partial charge in [-0.25, -0.2) is 4.79 Å². The lowest BCUT2D eigenvalue weighted by atomic mass is 9.91. The van der Waals surface area contributed by atoms with Gasteiger partial charge in [0.15, 0.2) is 0 Å². The molecule has 0 fully saturated rings. The van der Waals surface area contributed by atoms with E-state index in [-0.39, 0.29) is 34.0 Å². The molecule has 25 heavy (non-hydrogen) atoms. The van der Waals surface area contributed by atoms with Crippen LogP contribution >= 0.6 is 39.1 Å². The number of carboxylic acids is 1. The summed E-state index contributed by atoms with van der Waals surface area (Å²) in [5, 5.41) is 9.24. The first-order chi connectivity index (χ1) is 11.6. The lowest BCUT2D eigenvalue weighted by Crippen LogP contribution is -2.21. The minimum atomic E-state index is -4.44. The van der Waals surface area contributed by atoms with Crippen molar-refractivity contribution in [3.63, 3.8) is 0 Å². The van der Waals surface area contributed by atoms with E-state index in [0.717, 1.165) is 0 Å². The molecule has 1 N–H and O–H groups in total. The normalized spacial score (nSPS) is 12.9. The smallest absolute Gasteiger partial charge is 0.395 e. The third kappa shape index (κ3) is 5.12. The molecule has 0 saturated carbocycles. The summed E-state index contributed by atoms with van der Waals surface area (Å²) < 4.78 is 40.6. The van der Waals surface area contributed by atoms with Gasteiger partial charge in [-0.3, -0.25) is 0 Å². The molecule has 1 atom stereocenters. The molecule has 2 aromatic carbocycles. The van der Waals surface area contributed by atoms with E-state index in [0.29, 0.717) is 10.0 Å². The van der Waals surface area contributed by atoms with Gasteiger partial charge in [0, 0.05) is 4.47 Å². The fourth-order valence-electron chi connectivity index (χ4n) is 2.45. The summed E-state index contributed by atoms with van der Waals surface area (Å²) in [6, 6.07) is 8.28. The average Bonchev–Trinajstić information content (AvgIpc) is 2.49. The summed E-state index contributed by atoms with van der Waals surface area (Å²) in [4.78, 5) is 11.0. The Bertz CT molecular complexity index is 794. The van der Waals surface area contributed by atoms with Crippen molar-refractivity contribution >= 4 is 45.1 Å². The number of benzene rings is 2. The van der Waals surface area contributed by atoms with Gasteiger partial charge in [0.25, 0.3) is 0 Å². The molecule has 0 spiro atoms. The number of carbonyl (C=O) groups is 1. The molecule has 0 heterocycles. The largest absolute Gasteiger partial charge is 0.478 e. The van der Waals surface area contributed by atoms with E-state index in [4.69, 9.17) is 28.3 Å². The maximum absolute atomic E-state index is 13.4. The molecule has 0 aliphatic heterocycles. The maximum Gasteiger partial charge on any atom is 0.395 e. The SMILES string of the molecule is O=C(O)c1ccc(CCC(c2ccc(Cl)c(Cl)c2)C(F)(F)F)cc1Br. The van der Waals surface area contributed by atoms with Gasteiger partial charge >= 0.3 is 12.1 Å². The van der Waals surface area contributed by atoms with Crippen LogP contribution in [-0.4, -0.2) is 17.3 Å². The second-order valence-corrected chi connectivity index (χ2v) is 7.09. The van der Waals surface area contributed by atoms with Crippen molar-refractivity contribution in [2.75, 3.05) is 0 Å². The van der Waals surface area contributed by atoms with Crippen molar-refractivity contribution in [2.45, 2.75) is 24.9 Å². The van der Waals surface area contributed by atoms with Crippen LogP contribution in [0.1, 0.15) is 33.8 Å². The van der Waals surface area contributed by atoms with Crippen LogP contribution in [0.5, 0.6) is 0 Å². The maximum atomic E-state index is 13.4. The minimum Gasteiger partial charge on any atom is -0.478 e. The molecule has 0 aromatic heterocycles. The lowest BCUT2D eigenvalue weighted by molar-refractivity contribution is -0.151. The topological polar surface area (TPSA) is 37.3 Å². The van der Waals surface area contributed by atoms with Gasteiger partial charge in [0.05, 0.1) is 21.5 Å². The molecule has 2 nitrogen and oxygen atoms in total. The zero-order valence-electron chi connectivity index (χ0n) is 12.6. The Labute approximate surface area is 160 Å². The molecule has 1 unspecified atom stereocenters. The molecule has 0 aliphatic carbocycles. The summed E-state index contributed by atoms with van der Waals surface area (Å²) in [5.74, 6) is -2.80.